The zero-order valence-corrected chi connectivity index (χ0v) is 42.0. The summed E-state index contributed by atoms with van der Waals surface area (Å²) in [6.07, 6.45) is 7.91. The number of ether oxygens (including phenoxy) is 2. The molecule has 2 aromatic carbocycles. The number of amides is 4. The minimum Gasteiger partial charge on any atom is -0.496 e. The second-order valence-electron chi connectivity index (χ2n) is 20.1. The first-order valence-electron chi connectivity index (χ1n) is 24.3. The normalized spacial score (nSPS) is 25.7. The van der Waals surface area contributed by atoms with Crippen LogP contribution in [0.15, 0.2) is 60.0 Å². The Morgan fingerprint density at radius 1 is 1.00 bits per heavy atom. The van der Waals surface area contributed by atoms with E-state index in [1.807, 2.05) is 66.7 Å². The van der Waals surface area contributed by atoms with Crippen LogP contribution >= 0.6 is 11.3 Å². The number of hydrogen-bond donors (Lipinski definition) is 3. The average Bonchev–Trinajstić information content (AvgIpc) is 4.10. The standard InChI is InChI=1S/C51H64N8O8S2/c1-31(2)40-30-68-46(54-40)39-27-43(37-17-18-42(66-6)32(3)44(37)53-39)67-36-26-41-45(60)55-51(49(63)56-69(64,65)50(4)19-20-50)28-34(51)14-10-8-7-9-11-16-38(48(62)59(41)29-36)52-35-15-12-13-33(25-35)47(61)58-23-21-57(5)22-24-58/h10,12-15,17-18,25,27,30-31,34,36,38,41,52H,7-9,11,16,19-24,26,28-29H2,1-6H3,(H,55,60)(H,56,63)/b14-10-/t34-,36-,38+,41+,51-/m1/s1. The molecule has 0 bridgehead atoms. The average molecular weight is 981 g/mol. The van der Waals surface area contributed by atoms with Crippen LogP contribution < -0.4 is 24.8 Å². The molecule has 0 unspecified atom stereocenters. The van der Waals surface area contributed by atoms with Gasteiger partial charge in [0.2, 0.25) is 21.8 Å². The van der Waals surface area contributed by atoms with Gasteiger partial charge in [-0.25, -0.2) is 18.4 Å². The summed E-state index contributed by atoms with van der Waals surface area (Å²) in [5.41, 5.74) is 2.63. The van der Waals surface area contributed by atoms with Crippen molar-refractivity contribution in [1.82, 2.24) is 34.7 Å². The third-order valence-electron chi connectivity index (χ3n) is 14.7. The van der Waals surface area contributed by atoms with Gasteiger partial charge in [-0.1, -0.05) is 44.9 Å². The number of piperazine rings is 1. The lowest BCUT2D eigenvalue weighted by Gasteiger charge is -2.32. The number of aryl methyl sites for hydroxylation is 1. The Bertz CT molecular complexity index is 2780. The summed E-state index contributed by atoms with van der Waals surface area (Å²) in [4.78, 5) is 73.7. The van der Waals surface area contributed by atoms with Crippen LogP contribution in [-0.2, 0) is 24.4 Å². The minimum absolute atomic E-state index is 0.0370. The molecule has 368 valence electrons. The van der Waals surface area contributed by atoms with Gasteiger partial charge in [0.15, 0.2) is 0 Å². The van der Waals surface area contributed by atoms with Crippen LogP contribution in [0, 0.1) is 12.8 Å². The molecule has 3 aliphatic heterocycles. The highest BCUT2D eigenvalue weighted by atomic mass is 32.2. The molecule has 4 aromatic rings. The molecule has 18 heteroatoms. The zero-order chi connectivity index (χ0) is 48.8. The number of rotatable bonds is 11. The Hall–Kier alpha value is -5.59. The van der Waals surface area contributed by atoms with E-state index in [2.05, 4.69) is 34.1 Å². The first-order valence-corrected chi connectivity index (χ1v) is 26.7. The third kappa shape index (κ3) is 9.93. The first kappa shape index (κ1) is 48.4. The van der Waals surface area contributed by atoms with Gasteiger partial charge in [-0.15, -0.1) is 11.3 Å². The maximum absolute atomic E-state index is 15.3. The molecule has 4 amide bonds. The molecule has 5 atom stereocenters. The number of benzene rings is 2. The number of likely N-dealkylation sites (N-methyl/N-ethyl adjacent to an activating group) is 1. The van der Waals surface area contributed by atoms with Crippen molar-refractivity contribution in [2.24, 2.45) is 5.92 Å². The molecule has 2 saturated carbocycles. The molecule has 5 heterocycles. The lowest BCUT2D eigenvalue weighted by Crippen LogP contribution is -2.58. The van der Waals surface area contributed by atoms with Gasteiger partial charge in [0.05, 0.1) is 29.6 Å². The molecule has 2 aliphatic carbocycles. The van der Waals surface area contributed by atoms with Crippen LogP contribution in [0.2, 0.25) is 0 Å². The fraction of sp³-hybridized carbons (Fsp3) is 0.529. The maximum atomic E-state index is 15.3. The van der Waals surface area contributed by atoms with Gasteiger partial charge in [0, 0.05) is 72.2 Å². The van der Waals surface area contributed by atoms with Crippen molar-refractivity contribution in [2.75, 3.05) is 52.2 Å². The van der Waals surface area contributed by atoms with E-state index in [0.717, 1.165) is 47.6 Å². The van der Waals surface area contributed by atoms with E-state index >= 15 is 4.79 Å². The van der Waals surface area contributed by atoms with Crippen molar-refractivity contribution in [3.8, 4) is 22.2 Å². The van der Waals surface area contributed by atoms with Crippen molar-refractivity contribution in [3.05, 3.63) is 76.8 Å². The van der Waals surface area contributed by atoms with Gasteiger partial charge in [-0.2, -0.15) is 0 Å². The second kappa shape index (κ2) is 19.3. The van der Waals surface area contributed by atoms with E-state index in [1.54, 1.807) is 31.1 Å². The molecule has 9 rings (SSSR count). The number of nitrogens with zero attached hydrogens (tertiary/aromatic N) is 5. The fourth-order valence-corrected chi connectivity index (χ4v) is 12.0. The third-order valence-corrected chi connectivity index (χ3v) is 17.8. The Labute approximate surface area is 408 Å². The maximum Gasteiger partial charge on any atom is 0.259 e. The lowest BCUT2D eigenvalue weighted by atomic mass is 10.0. The van der Waals surface area contributed by atoms with Gasteiger partial charge in [-0.3, -0.25) is 23.9 Å². The number of fused-ring (bicyclic) bond motifs is 3. The molecule has 5 aliphatic rings. The van der Waals surface area contributed by atoms with Crippen LogP contribution in [0.5, 0.6) is 11.5 Å². The molecule has 0 spiro atoms. The Kier molecular flexibility index (Phi) is 13.6. The number of aromatic nitrogens is 2. The van der Waals surface area contributed by atoms with Crippen LogP contribution in [0.4, 0.5) is 5.69 Å². The molecular weight excluding hydrogens is 917 g/mol. The van der Waals surface area contributed by atoms with Crippen molar-refractivity contribution in [3.63, 3.8) is 0 Å². The van der Waals surface area contributed by atoms with Gasteiger partial charge in [-0.05, 0) is 95.7 Å². The van der Waals surface area contributed by atoms with Crippen LogP contribution in [0.25, 0.3) is 21.6 Å². The summed E-state index contributed by atoms with van der Waals surface area (Å²) in [5, 5.41) is 9.94. The molecule has 4 fully saturated rings. The van der Waals surface area contributed by atoms with Gasteiger partial charge in [0.1, 0.15) is 45.9 Å². The summed E-state index contributed by atoms with van der Waals surface area (Å²) in [7, 11) is -0.366. The monoisotopic (exact) mass is 980 g/mol. The number of sulfonamides is 1. The largest absolute Gasteiger partial charge is 0.496 e. The van der Waals surface area contributed by atoms with Crippen LogP contribution in [-0.4, -0.2) is 132 Å². The summed E-state index contributed by atoms with van der Waals surface area (Å²) in [5.74, 6) is -0.819. The van der Waals surface area contributed by atoms with E-state index in [4.69, 9.17) is 19.4 Å². The fourth-order valence-electron chi connectivity index (χ4n) is 9.74. The van der Waals surface area contributed by atoms with Gasteiger partial charge >= 0.3 is 0 Å². The Morgan fingerprint density at radius 3 is 2.51 bits per heavy atom. The Balaban J connectivity index is 1.06. The zero-order valence-electron chi connectivity index (χ0n) is 40.4. The number of pyridine rings is 1. The number of methoxy groups -OCH3 is 1. The van der Waals surface area contributed by atoms with E-state index < -0.39 is 56.2 Å². The molecule has 2 saturated heterocycles. The molecule has 0 radical (unpaired) electrons. The van der Waals surface area contributed by atoms with Crippen molar-refractivity contribution in [1.29, 1.82) is 0 Å². The summed E-state index contributed by atoms with van der Waals surface area (Å²) < 4.78 is 40.7. The molecule has 69 heavy (non-hydrogen) atoms. The second-order valence-corrected chi connectivity index (χ2v) is 23.2. The number of allylic oxidation sites excluding steroid dienone is 1. The number of carbonyl (C=O) groups is 4. The van der Waals surface area contributed by atoms with E-state index in [9.17, 15) is 22.8 Å². The van der Waals surface area contributed by atoms with Crippen molar-refractivity contribution >= 4 is 61.6 Å². The molecule has 16 nitrogen and oxygen atoms in total. The van der Waals surface area contributed by atoms with E-state index in [0.29, 0.717) is 79.2 Å². The highest BCUT2D eigenvalue weighted by molar-refractivity contribution is 7.91. The number of anilines is 1. The number of nitrogens with one attached hydrogen (secondary N) is 3. The Morgan fingerprint density at radius 2 is 1.78 bits per heavy atom. The van der Waals surface area contributed by atoms with Crippen molar-refractivity contribution < 1.29 is 37.1 Å². The first-order chi connectivity index (χ1) is 33.0. The van der Waals surface area contributed by atoms with Gasteiger partial charge in [0.25, 0.3) is 11.8 Å². The number of thiazole rings is 1. The van der Waals surface area contributed by atoms with E-state index in [-0.39, 0.29) is 37.1 Å². The summed E-state index contributed by atoms with van der Waals surface area (Å²) in [6, 6.07) is 11.0. The van der Waals surface area contributed by atoms with Crippen LogP contribution in [0.1, 0.15) is 106 Å². The van der Waals surface area contributed by atoms with Gasteiger partial charge < -0.3 is 34.8 Å². The predicted molar refractivity (Wildman–Crippen MR) is 266 cm³/mol. The van der Waals surface area contributed by atoms with Crippen LogP contribution in [0.3, 0.4) is 0 Å². The summed E-state index contributed by atoms with van der Waals surface area (Å²) in [6.45, 7) is 10.6. The molecule has 3 N–H and O–H groups in total. The van der Waals surface area contributed by atoms with Crippen molar-refractivity contribution in [2.45, 2.75) is 120 Å². The number of hydrogen-bond acceptors (Lipinski definition) is 13. The topological polar surface area (TPSA) is 192 Å². The quantitative estimate of drug-likeness (QED) is 0.140. The smallest absolute Gasteiger partial charge is 0.259 e. The predicted octanol–water partition coefficient (Wildman–Crippen LogP) is 6.41. The molecule has 2 aromatic heterocycles. The highest BCUT2D eigenvalue weighted by Gasteiger charge is 2.63. The SMILES string of the molecule is COc1ccc2c(O[C@@H]3C[C@H]4C(=O)N[C@]5(C(=O)NS(=O)(=O)C6(C)CC6)C[C@H]5/C=C\CCCCC[C@H](Nc5cccc(C(=O)N6CCN(C)CC6)c5)C(=O)N4C3)cc(-c3nc(C(C)C)cs3)nc2c1C. The number of carbonyl (C=O) groups excluding carboxylic acids is 4. The highest BCUT2D eigenvalue weighted by Crippen LogP contribution is 2.48. The lowest BCUT2D eigenvalue weighted by molar-refractivity contribution is -0.140. The minimum atomic E-state index is -4.02. The van der Waals surface area contributed by atoms with E-state index in [1.165, 1.54) is 11.3 Å². The summed E-state index contributed by atoms with van der Waals surface area (Å²) >= 11 is 1.49. The molecular formula is C51H64N8O8S2.